The maximum absolute atomic E-state index is 12.9. The van der Waals surface area contributed by atoms with Gasteiger partial charge in [0.1, 0.15) is 11.5 Å². The van der Waals surface area contributed by atoms with Gasteiger partial charge in [0.15, 0.2) is 6.61 Å². The van der Waals surface area contributed by atoms with Gasteiger partial charge in [-0.2, -0.15) is 0 Å². The molecule has 1 N–H and O–H groups in total. The van der Waals surface area contributed by atoms with Crippen LogP contribution in [0.1, 0.15) is 24.2 Å². The van der Waals surface area contributed by atoms with E-state index >= 15 is 0 Å². The number of hydrogen-bond acceptors (Lipinski definition) is 4. The predicted octanol–water partition coefficient (Wildman–Crippen LogP) is 3.87. The topological polar surface area (TPSA) is 76.1 Å². The molecule has 7 heteroatoms. The second-order valence-corrected chi connectivity index (χ2v) is 6.28. The Labute approximate surface area is 156 Å². The van der Waals surface area contributed by atoms with E-state index in [1.165, 1.54) is 4.90 Å². The number of carbonyl (C=O) groups is 2. The molecular weight excluding hydrogens is 358 g/mol. The number of carboxylic acid groups (broad SMARTS) is 1. The Bertz CT molecular complexity index is 789. The number of rotatable bonds is 7. The highest BCUT2D eigenvalue weighted by atomic mass is 35.5. The van der Waals surface area contributed by atoms with Crippen LogP contribution in [0.15, 0.2) is 42.5 Å². The fraction of sp³-hybridized carbons (Fsp3) is 0.263. The van der Waals surface area contributed by atoms with Gasteiger partial charge in [-0.15, -0.1) is 0 Å². The molecule has 0 atom stereocenters. The second kappa shape index (κ2) is 8.58. The molecule has 0 radical (unpaired) electrons. The van der Waals surface area contributed by atoms with Gasteiger partial charge in [-0.05, 0) is 56.3 Å². The number of carbonyl (C=O) groups excluding carboxylic acids is 1. The quantitative estimate of drug-likeness (QED) is 0.792. The number of benzene rings is 2. The van der Waals surface area contributed by atoms with E-state index in [9.17, 15) is 9.59 Å². The van der Waals surface area contributed by atoms with E-state index in [0.717, 1.165) is 0 Å². The maximum Gasteiger partial charge on any atom is 0.341 e. The van der Waals surface area contributed by atoms with E-state index in [0.29, 0.717) is 27.8 Å². The summed E-state index contributed by atoms with van der Waals surface area (Å²) in [5, 5.41) is 9.07. The van der Waals surface area contributed by atoms with E-state index in [1.807, 2.05) is 13.8 Å². The third kappa shape index (κ3) is 5.13. The van der Waals surface area contributed by atoms with Gasteiger partial charge in [0, 0.05) is 17.8 Å². The highest BCUT2D eigenvalue weighted by molar-refractivity contribution is 6.31. The molecule has 0 heterocycles. The van der Waals surface area contributed by atoms with Crippen molar-refractivity contribution in [2.45, 2.75) is 20.0 Å². The van der Waals surface area contributed by atoms with Crippen LogP contribution in [0.4, 0.5) is 5.69 Å². The molecule has 0 unspecified atom stereocenters. The van der Waals surface area contributed by atoms with Gasteiger partial charge in [0.25, 0.3) is 5.91 Å². The summed E-state index contributed by atoms with van der Waals surface area (Å²) in [4.78, 5) is 24.9. The average Bonchev–Trinajstić information content (AvgIpc) is 2.60. The molecule has 1 amide bonds. The summed E-state index contributed by atoms with van der Waals surface area (Å²) in [7, 11) is 1.63. The first kappa shape index (κ1) is 19.6. The smallest absolute Gasteiger partial charge is 0.341 e. The van der Waals surface area contributed by atoms with Crippen LogP contribution in [-0.2, 0) is 4.79 Å². The average molecular weight is 378 g/mol. The van der Waals surface area contributed by atoms with Crippen LogP contribution in [-0.4, -0.2) is 36.7 Å². The molecule has 0 aromatic heterocycles. The molecule has 6 nitrogen and oxygen atoms in total. The van der Waals surface area contributed by atoms with Crippen molar-refractivity contribution in [1.29, 1.82) is 0 Å². The SMILES string of the molecule is CC(C)Oc1ccc(Cl)cc1C(=O)N(C)c1ccc(OCC(=O)O)cc1. The lowest BCUT2D eigenvalue weighted by molar-refractivity contribution is -0.139. The monoisotopic (exact) mass is 377 g/mol. The van der Waals surface area contributed by atoms with Crippen LogP contribution < -0.4 is 14.4 Å². The molecule has 138 valence electrons. The van der Waals surface area contributed by atoms with E-state index in [4.69, 9.17) is 26.2 Å². The Balaban J connectivity index is 2.21. The molecule has 0 spiro atoms. The zero-order valence-corrected chi connectivity index (χ0v) is 15.5. The molecule has 0 aliphatic heterocycles. The molecule has 2 aromatic rings. The van der Waals surface area contributed by atoms with E-state index in [2.05, 4.69) is 0 Å². The minimum Gasteiger partial charge on any atom is -0.490 e. The molecule has 0 aliphatic rings. The Hall–Kier alpha value is -2.73. The Morgan fingerprint density at radius 2 is 1.81 bits per heavy atom. The molecule has 0 fully saturated rings. The van der Waals surface area contributed by atoms with Gasteiger partial charge in [-0.3, -0.25) is 4.79 Å². The minimum absolute atomic E-state index is 0.0845. The number of ether oxygens (including phenoxy) is 2. The Morgan fingerprint density at radius 3 is 2.38 bits per heavy atom. The third-order valence-electron chi connectivity index (χ3n) is 3.43. The number of anilines is 1. The largest absolute Gasteiger partial charge is 0.490 e. The first-order valence-corrected chi connectivity index (χ1v) is 8.34. The summed E-state index contributed by atoms with van der Waals surface area (Å²) in [6, 6.07) is 11.5. The van der Waals surface area contributed by atoms with Gasteiger partial charge in [0.2, 0.25) is 0 Å². The van der Waals surface area contributed by atoms with Crippen LogP contribution in [0.25, 0.3) is 0 Å². The first-order valence-electron chi connectivity index (χ1n) is 7.97. The van der Waals surface area contributed by atoms with Crippen LogP contribution in [0.2, 0.25) is 5.02 Å². The molecule has 0 bridgehead atoms. The summed E-state index contributed by atoms with van der Waals surface area (Å²) >= 11 is 6.04. The molecule has 2 rings (SSSR count). The number of carboxylic acids is 1. The van der Waals surface area contributed by atoms with Crippen LogP contribution >= 0.6 is 11.6 Å². The van der Waals surface area contributed by atoms with Gasteiger partial charge < -0.3 is 19.5 Å². The zero-order chi connectivity index (χ0) is 19.3. The van der Waals surface area contributed by atoms with Gasteiger partial charge in [-0.1, -0.05) is 11.6 Å². The normalized spacial score (nSPS) is 10.5. The number of hydrogen-bond donors (Lipinski definition) is 1. The molecule has 0 saturated carbocycles. The molecule has 0 saturated heterocycles. The Kier molecular flexibility index (Phi) is 6.46. The van der Waals surface area contributed by atoms with Crippen LogP contribution in [0.3, 0.4) is 0 Å². The lowest BCUT2D eigenvalue weighted by atomic mass is 10.1. The standard InChI is InChI=1S/C19H20ClNO5/c1-12(2)26-17-9-4-13(20)10-16(17)19(24)21(3)14-5-7-15(8-6-14)25-11-18(22)23/h4-10,12H,11H2,1-3H3,(H,22,23). The first-order chi connectivity index (χ1) is 12.3. The van der Waals surface area contributed by atoms with Gasteiger partial charge in [-0.25, -0.2) is 4.79 Å². The van der Waals surface area contributed by atoms with Crippen molar-refractivity contribution in [3.8, 4) is 11.5 Å². The Morgan fingerprint density at radius 1 is 1.15 bits per heavy atom. The van der Waals surface area contributed by atoms with Crippen molar-refractivity contribution in [2.24, 2.45) is 0 Å². The number of aliphatic carboxylic acids is 1. The fourth-order valence-corrected chi connectivity index (χ4v) is 2.41. The van der Waals surface area contributed by atoms with Crippen molar-refractivity contribution in [2.75, 3.05) is 18.6 Å². The van der Waals surface area contributed by atoms with E-state index < -0.39 is 12.6 Å². The van der Waals surface area contributed by atoms with Crippen LogP contribution in [0.5, 0.6) is 11.5 Å². The summed E-state index contributed by atoms with van der Waals surface area (Å²) in [5.41, 5.74) is 0.980. The number of halogens is 1. The van der Waals surface area contributed by atoms with E-state index in [-0.39, 0.29) is 12.0 Å². The highest BCUT2D eigenvalue weighted by Crippen LogP contribution is 2.27. The third-order valence-corrected chi connectivity index (χ3v) is 3.66. The molecular formula is C19H20ClNO5. The zero-order valence-electron chi connectivity index (χ0n) is 14.7. The lowest BCUT2D eigenvalue weighted by Crippen LogP contribution is -2.27. The predicted molar refractivity (Wildman–Crippen MR) is 99.5 cm³/mol. The second-order valence-electron chi connectivity index (χ2n) is 5.85. The molecule has 26 heavy (non-hydrogen) atoms. The summed E-state index contributed by atoms with van der Waals surface area (Å²) < 4.78 is 10.8. The summed E-state index contributed by atoms with van der Waals surface area (Å²) in [5.74, 6) is -0.464. The summed E-state index contributed by atoms with van der Waals surface area (Å²) in [6.45, 7) is 3.33. The number of nitrogens with zero attached hydrogens (tertiary/aromatic N) is 1. The van der Waals surface area contributed by atoms with Crippen molar-refractivity contribution >= 4 is 29.2 Å². The van der Waals surface area contributed by atoms with E-state index in [1.54, 1.807) is 49.5 Å². The molecule has 0 aliphatic carbocycles. The lowest BCUT2D eigenvalue weighted by Gasteiger charge is -2.20. The van der Waals surface area contributed by atoms with Crippen LogP contribution in [0, 0.1) is 0 Å². The number of amides is 1. The molecule has 2 aromatic carbocycles. The van der Waals surface area contributed by atoms with Crippen molar-refractivity contribution in [3.05, 3.63) is 53.1 Å². The van der Waals surface area contributed by atoms with Gasteiger partial charge >= 0.3 is 5.97 Å². The van der Waals surface area contributed by atoms with Crippen molar-refractivity contribution < 1.29 is 24.2 Å². The maximum atomic E-state index is 12.9. The fourth-order valence-electron chi connectivity index (χ4n) is 2.24. The van der Waals surface area contributed by atoms with Crippen molar-refractivity contribution in [1.82, 2.24) is 0 Å². The minimum atomic E-state index is -1.06. The van der Waals surface area contributed by atoms with Gasteiger partial charge in [0.05, 0.1) is 11.7 Å². The summed E-state index contributed by atoms with van der Waals surface area (Å²) in [6.07, 6.45) is -0.0845. The highest BCUT2D eigenvalue weighted by Gasteiger charge is 2.19. The van der Waals surface area contributed by atoms with Crippen molar-refractivity contribution in [3.63, 3.8) is 0 Å².